The van der Waals surface area contributed by atoms with Gasteiger partial charge < -0.3 is 9.84 Å². The van der Waals surface area contributed by atoms with Gasteiger partial charge in [-0.1, -0.05) is 37.3 Å². The van der Waals surface area contributed by atoms with Gasteiger partial charge in [0.15, 0.2) is 0 Å². The van der Waals surface area contributed by atoms with E-state index in [-0.39, 0.29) is 0 Å². The van der Waals surface area contributed by atoms with Crippen LogP contribution in [0.15, 0.2) is 17.0 Å². The lowest BCUT2D eigenvalue weighted by Gasteiger charge is -2.21. The van der Waals surface area contributed by atoms with Crippen LogP contribution >= 0.6 is 0 Å². The third-order valence-corrected chi connectivity index (χ3v) is 3.27. The molecule has 1 aromatic heterocycles. The average molecular weight is 208 g/mol. The summed E-state index contributed by atoms with van der Waals surface area (Å²) in [7, 11) is 0. The number of nitrogens with one attached hydrogen (secondary N) is 1. The van der Waals surface area contributed by atoms with Gasteiger partial charge in [0.05, 0.1) is 6.20 Å². The molecular weight excluding hydrogens is 188 g/mol. The minimum atomic E-state index is 0.885. The van der Waals surface area contributed by atoms with Gasteiger partial charge in [0, 0.05) is 12.1 Å². The summed E-state index contributed by atoms with van der Waals surface area (Å²) in [6.07, 6.45) is 12.0. The van der Waals surface area contributed by atoms with Crippen LogP contribution in [0.25, 0.3) is 0 Å². The second kappa shape index (κ2) is 5.91. The molecule has 0 saturated heterocycles. The first-order chi connectivity index (χ1) is 7.45. The van der Waals surface area contributed by atoms with Crippen LogP contribution in [-0.4, -0.2) is 11.7 Å². The fourth-order valence-electron chi connectivity index (χ4n) is 2.33. The van der Waals surface area contributed by atoms with Crippen molar-refractivity contribution in [3.05, 3.63) is 18.0 Å². The lowest BCUT2D eigenvalue weighted by atomic mass is 9.87. The van der Waals surface area contributed by atoms with E-state index in [2.05, 4.69) is 10.5 Å². The lowest BCUT2D eigenvalue weighted by molar-refractivity contribution is 0.333. The van der Waals surface area contributed by atoms with Gasteiger partial charge in [-0.05, 0) is 18.9 Å². The Bertz CT molecular complexity index is 253. The van der Waals surface area contributed by atoms with Crippen LogP contribution in [-0.2, 0) is 6.54 Å². The van der Waals surface area contributed by atoms with Gasteiger partial charge in [-0.15, -0.1) is 0 Å². The van der Waals surface area contributed by atoms with E-state index in [1.54, 1.807) is 12.5 Å². The van der Waals surface area contributed by atoms with E-state index in [0.717, 1.165) is 24.6 Å². The lowest BCUT2D eigenvalue weighted by Crippen LogP contribution is -2.18. The van der Waals surface area contributed by atoms with E-state index in [9.17, 15) is 0 Å². The summed E-state index contributed by atoms with van der Waals surface area (Å²) < 4.78 is 4.77. The van der Waals surface area contributed by atoms with Crippen molar-refractivity contribution >= 4 is 0 Å². The Morgan fingerprint density at radius 2 is 2.20 bits per heavy atom. The third-order valence-electron chi connectivity index (χ3n) is 3.27. The summed E-state index contributed by atoms with van der Waals surface area (Å²) in [5.41, 5.74) is 1.14. The van der Waals surface area contributed by atoms with Gasteiger partial charge in [0.2, 0.25) is 0 Å². The molecule has 0 amide bonds. The fourth-order valence-corrected chi connectivity index (χ4v) is 2.33. The monoisotopic (exact) mass is 208 g/mol. The molecule has 3 heteroatoms. The van der Waals surface area contributed by atoms with Crippen LogP contribution in [0.5, 0.6) is 0 Å². The standard InChI is InChI=1S/C12H20N2O/c1-2-4-11(5-3-1)6-7-13-8-12-9-14-15-10-12/h9-11,13H,1-8H2. The molecule has 15 heavy (non-hydrogen) atoms. The number of hydrogen-bond donors (Lipinski definition) is 1. The van der Waals surface area contributed by atoms with Crippen molar-refractivity contribution in [1.29, 1.82) is 0 Å². The van der Waals surface area contributed by atoms with E-state index in [4.69, 9.17) is 4.52 Å². The highest BCUT2D eigenvalue weighted by Gasteiger charge is 2.12. The number of rotatable bonds is 5. The maximum absolute atomic E-state index is 4.77. The Hall–Kier alpha value is -0.830. The zero-order chi connectivity index (χ0) is 10.3. The summed E-state index contributed by atoms with van der Waals surface area (Å²) in [4.78, 5) is 0. The molecule has 2 rings (SSSR count). The molecule has 1 N–H and O–H groups in total. The maximum atomic E-state index is 4.77. The summed E-state index contributed by atoms with van der Waals surface area (Å²) >= 11 is 0. The Balaban J connectivity index is 1.54. The smallest absolute Gasteiger partial charge is 0.128 e. The first-order valence-corrected chi connectivity index (χ1v) is 6.04. The molecule has 84 valence electrons. The van der Waals surface area contributed by atoms with E-state index in [1.807, 2.05) is 0 Å². The Kier molecular flexibility index (Phi) is 4.21. The Labute approximate surface area is 91.2 Å². The minimum absolute atomic E-state index is 0.885. The third kappa shape index (κ3) is 3.67. The largest absolute Gasteiger partial charge is 0.364 e. The molecule has 0 aliphatic heterocycles. The van der Waals surface area contributed by atoms with Crippen LogP contribution < -0.4 is 5.32 Å². The quantitative estimate of drug-likeness (QED) is 0.756. The molecule has 1 heterocycles. The van der Waals surface area contributed by atoms with Crippen molar-refractivity contribution in [3.63, 3.8) is 0 Å². The summed E-state index contributed by atoms with van der Waals surface area (Å²) in [5.74, 6) is 0.966. The molecule has 0 spiro atoms. The first kappa shape index (κ1) is 10.7. The number of nitrogens with zero attached hydrogens (tertiary/aromatic N) is 1. The summed E-state index contributed by atoms with van der Waals surface area (Å²) in [6, 6.07) is 0. The van der Waals surface area contributed by atoms with Crippen molar-refractivity contribution < 1.29 is 4.52 Å². The van der Waals surface area contributed by atoms with Gasteiger partial charge in [-0.3, -0.25) is 0 Å². The second-order valence-electron chi connectivity index (χ2n) is 4.50. The maximum Gasteiger partial charge on any atom is 0.128 e. The molecule has 1 saturated carbocycles. The second-order valence-corrected chi connectivity index (χ2v) is 4.50. The predicted molar refractivity (Wildman–Crippen MR) is 59.4 cm³/mol. The minimum Gasteiger partial charge on any atom is -0.364 e. The topological polar surface area (TPSA) is 38.1 Å². The molecule has 3 nitrogen and oxygen atoms in total. The van der Waals surface area contributed by atoms with Crippen LogP contribution in [0.1, 0.15) is 44.1 Å². The highest BCUT2D eigenvalue weighted by molar-refractivity contribution is 4.98. The SMILES string of the molecule is c1nocc1CNCCC1CCCCC1. The molecule has 0 unspecified atom stereocenters. The molecule has 0 aromatic carbocycles. The molecule has 1 fully saturated rings. The number of aromatic nitrogens is 1. The summed E-state index contributed by atoms with van der Waals surface area (Å²) in [5, 5.41) is 7.11. The fraction of sp³-hybridized carbons (Fsp3) is 0.750. The molecule has 0 bridgehead atoms. The van der Waals surface area contributed by atoms with Crippen molar-refractivity contribution in [1.82, 2.24) is 10.5 Å². The van der Waals surface area contributed by atoms with E-state index >= 15 is 0 Å². The average Bonchev–Trinajstić information content (AvgIpc) is 2.79. The van der Waals surface area contributed by atoms with Crippen LogP contribution in [0.2, 0.25) is 0 Å². The van der Waals surface area contributed by atoms with Crippen LogP contribution in [0, 0.1) is 5.92 Å². The van der Waals surface area contributed by atoms with Gasteiger partial charge in [-0.2, -0.15) is 0 Å². The van der Waals surface area contributed by atoms with Crippen molar-refractivity contribution in [2.75, 3.05) is 6.54 Å². The van der Waals surface area contributed by atoms with E-state index in [0.29, 0.717) is 0 Å². The Morgan fingerprint density at radius 1 is 1.33 bits per heavy atom. The predicted octanol–water partition coefficient (Wildman–Crippen LogP) is 2.73. The normalized spacial score (nSPS) is 18.1. The van der Waals surface area contributed by atoms with E-state index < -0.39 is 0 Å². The van der Waals surface area contributed by atoms with Gasteiger partial charge >= 0.3 is 0 Å². The van der Waals surface area contributed by atoms with Crippen molar-refractivity contribution in [2.45, 2.75) is 45.1 Å². The van der Waals surface area contributed by atoms with Crippen molar-refractivity contribution in [2.24, 2.45) is 5.92 Å². The Morgan fingerprint density at radius 3 is 2.93 bits per heavy atom. The van der Waals surface area contributed by atoms with Crippen LogP contribution in [0.4, 0.5) is 0 Å². The first-order valence-electron chi connectivity index (χ1n) is 6.04. The highest BCUT2D eigenvalue weighted by Crippen LogP contribution is 2.25. The zero-order valence-electron chi connectivity index (χ0n) is 9.24. The molecule has 1 aliphatic rings. The van der Waals surface area contributed by atoms with Crippen molar-refractivity contribution in [3.8, 4) is 0 Å². The van der Waals surface area contributed by atoms with Gasteiger partial charge in [-0.25, -0.2) is 0 Å². The molecular formula is C12H20N2O. The molecule has 1 aliphatic carbocycles. The van der Waals surface area contributed by atoms with E-state index in [1.165, 1.54) is 38.5 Å². The highest BCUT2D eigenvalue weighted by atomic mass is 16.5. The van der Waals surface area contributed by atoms with Gasteiger partial charge in [0.1, 0.15) is 6.26 Å². The summed E-state index contributed by atoms with van der Waals surface area (Å²) in [6.45, 7) is 2.01. The zero-order valence-corrected chi connectivity index (χ0v) is 9.24. The molecule has 1 aromatic rings. The van der Waals surface area contributed by atoms with Gasteiger partial charge in [0.25, 0.3) is 0 Å². The molecule has 0 atom stereocenters. The van der Waals surface area contributed by atoms with Crippen LogP contribution in [0.3, 0.4) is 0 Å². The molecule has 0 radical (unpaired) electrons. The number of hydrogen-bond acceptors (Lipinski definition) is 3.